The van der Waals surface area contributed by atoms with Crippen LogP contribution in [0.25, 0.3) is 0 Å². The second-order valence-corrected chi connectivity index (χ2v) is 5.75. The van der Waals surface area contributed by atoms with Crippen molar-refractivity contribution in [2.45, 2.75) is 46.6 Å². The van der Waals surface area contributed by atoms with Gasteiger partial charge in [0.15, 0.2) is 0 Å². The maximum absolute atomic E-state index is 9.83. The van der Waals surface area contributed by atoms with Crippen LogP contribution in [0.2, 0.25) is 0 Å². The van der Waals surface area contributed by atoms with Gasteiger partial charge in [0.25, 0.3) is 0 Å². The van der Waals surface area contributed by atoms with E-state index in [2.05, 4.69) is 31.1 Å². The van der Waals surface area contributed by atoms with Crippen LogP contribution in [0.1, 0.15) is 37.9 Å². The second-order valence-electron chi connectivity index (χ2n) is 4.80. The van der Waals surface area contributed by atoms with Crippen molar-refractivity contribution in [1.29, 1.82) is 0 Å². The summed E-state index contributed by atoms with van der Waals surface area (Å²) < 4.78 is 0. The molecule has 0 bridgehead atoms. The van der Waals surface area contributed by atoms with Gasteiger partial charge in [-0.25, -0.2) is 4.98 Å². The molecule has 0 amide bonds. The normalized spacial score (nSPS) is 14.4. The Kier molecular flexibility index (Phi) is 3.67. The van der Waals surface area contributed by atoms with Gasteiger partial charge in [0, 0.05) is 17.5 Å². The zero-order valence-electron chi connectivity index (χ0n) is 9.37. The highest BCUT2D eigenvalue weighted by Gasteiger charge is 2.21. The van der Waals surface area contributed by atoms with Gasteiger partial charge in [-0.3, -0.25) is 0 Å². The van der Waals surface area contributed by atoms with Crippen molar-refractivity contribution in [2.75, 3.05) is 0 Å². The number of aliphatic hydroxyl groups is 1. The lowest BCUT2D eigenvalue weighted by atomic mass is 9.86. The minimum Gasteiger partial charge on any atom is -0.393 e. The average Bonchev–Trinajstić information content (AvgIpc) is 2.45. The summed E-state index contributed by atoms with van der Waals surface area (Å²) in [4.78, 5) is 4.37. The molecule has 1 N–H and O–H groups in total. The summed E-state index contributed by atoms with van der Waals surface area (Å²) in [5, 5.41) is 13.0. The lowest BCUT2D eigenvalue weighted by molar-refractivity contribution is 0.0560. The fourth-order valence-electron chi connectivity index (χ4n) is 1.21. The highest BCUT2D eigenvalue weighted by atomic mass is 32.1. The van der Waals surface area contributed by atoms with E-state index in [1.165, 1.54) is 0 Å². The molecule has 1 atom stereocenters. The third kappa shape index (κ3) is 3.39. The summed E-state index contributed by atoms with van der Waals surface area (Å²) >= 11 is 1.68. The lowest BCUT2D eigenvalue weighted by Crippen LogP contribution is -2.26. The molecule has 0 aromatic carbocycles. The molecule has 0 aliphatic carbocycles. The molecule has 14 heavy (non-hydrogen) atoms. The quantitative estimate of drug-likeness (QED) is 0.837. The number of hydrogen-bond donors (Lipinski definition) is 1. The van der Waals surface area contributed by atoms with Gasteiger partial charge < -0.3 is 5.11 Å². The Balaban J connectivity index is 2.41. The molecule has 1 aromatic rings. The van der Waals surface area contributed by atoms with Crippen LogP contribution in [-0.4, -0.2) is 16.2 Å². The Bertz CT molecular complexity index is 288. The maximum atomic E-state index is 9.83. The minimum absolute atomic E-state index is 0.0215. The third-order valence-electron chi connectivity index (χ3n) is 2.30. The first-order valence-electron chi connectivity index (χ1n) is 4.98. The Morgan fingerprint density at radius 3 is 2.57 bits per heavy atom. The molecule has 1 rings (SSSR count). The van der Waals surface area contributed by atoms with E-state index in [1.54, 1.807) is 11.3 Å². The fourth-order valence-corrected chi connectivity index (χ4v) is 2.00. The van der Waals surface area contributed by atoms with Gasteiger partial charge in [-0.05, 0) is 18.8 Å². The summed E-state index contributed by atoms with van der Waals surface area (Å²) in [6.07, 6.45) is 1.44. The third-order valence-corrected chi connectivity index (χ3v) is 3.32. The number of aliphatic hydroxyl groups excluding tert-OH is 1. The van der Waals surface area contributed by atoms with Crippen molar-refractivity contribution in [1.82, 2.24) is 4.98 Å². The van der Waals surface area contributed by atoms with Crippen LogP contribution >= 0.6 is 11.3 Å². The summed E-state index contributed by atoms with van der Waals surface area (Å²) in [6.45, 7) is 8.18. The zero-order valence-corrected chi connectivity index (χ0v) is 10.2. The molecule has 1 aromatic heterocycles. The van der Waals surface area contributed by atoms with E-state index >= 15 is 0 Å². The van der Waals surface area contributed by atoms with E-state index in [4.69, 9.17) is 0 Å². The van der Waals surface area contributed by atoms with E-state index < -0.39 is 0 Å². The number of aromatic nitrogens is 1. The molecule has 0 aliphatic rings. The fraction of sp³-hybridized carbons (Fsp3) is 0.727. The van der Waals surface area contributed by atoms with E-state index in [9.17, 15) is 5.11 Å². The highest BCUT2D eigenvalue weighted by molar-refractivity contribution is 7.09. The molecule has 0 spiro atoms. The van der Waals surface area contributed by atoms with Gasteiger partial charge in [0.1, 0.15) is 0 Å². The Labute approximate surface area is 90.0 Å². The molecule has 2 nitrogen and oxygen atoms in total. The van der Waals surface area contributed by atoms with Crippen molar-refractivity contribution in [3.8, 4) is 0 Å². The van der Waals surface area contributed by atoms with Gasteiger partial charge in [0.2, 0.25) is 0 Å². The Morgan fingerprint density at radius 1 is 1.50 bits per heavy atom. The minimum atomic E-state index is -0.244. The molecule has 1 unspecified atom stereocenters. The van der Waals surface area contributed by atoms with Crippen molar-refractivity contribution in [2.24, 2.45) is 5.41 Å². The number of nitrogens with zero attached hydrogens (tertiary/aromatic N) is 1. The van der Waals surface area contributed by atoms with Crippen molar-refractivity contribution in [3.05, 3.63) is 16.1 Å². The topological polar surface area (TPSA) is 33.1 Å². The molecule has 0 radical (unpaired) electrons. The molecule has 0 fully saturated rings. The van der Waals surface area contributed by atoms with Crippen LogP contribution in [0.5, 0.6) is 0 Å². The van der Waals surface area contributed by atoms with E-state index in [-0.39, 0.29) is 11.5 Å². The SMILES string of the molecule is Cc1csc(CCC(O)C(C)(C)C)n1. The predicted molar refractivity (Wildman–Crippen MR) is 60.6 cm³/mol. The standard InChI is InChI=1S/C11H19NOS/c1-8-7-14-10(12-8)6-5-9(13)11(2,3)4/h7,9,13H,5-6H2,1-4H3. The van der Waals surface area contributed by atoms with Crippen LogP contribution < -0.4 is 0 Å². The van der Waals surface area contributed by atoms with E-state index in [0.29, 0.717) is 0 Å². The smallest absolute Gasteiger partial charge is 0.0929 e. The molecular formula is C11H19NOS. The van der Waals surface area contributed by atoms with Crippen LogP contribution in [0.4, 0.5) is 0 Å². The van der Waals surface area contributed by atoms with Crippen LogP contribution in [0, 0.1) is 12.3 Å². The maximum Gasteiger partial charge on any atom is 0.0929 e. The molecule has 80 valence electrons. The molecule has 1 heterocycles. The number of aryl methyl sites for hydroxylation is 2. The Hall–Kier alpha value is -0.410. The first-order valence-corrected chi connectivity index (χ1v) is 5.86. The summed E-state index contributed by atoms with van der Waals surface area (Å²) in [5.74, 6) is 0. The molecule has 0 saturated carbocycles. The molecule has 3 heteroatoms. The van der Waals surface area contributed by atoms with Gasteiger partial charge in [0.05, 0.1) is 11.1 Å². The number of thiazole rings is 1. The van der Waals surface area contributed by atoms with Gasteiger partial charge in [-0.2, -0.15) is 0 Å². The van der Waals surface area contributed by atoms with E-state index in [0.717, 1.165) is 23.5 Å². The average molecular weight is 213 g/mol. The van der Waals surface area contributed by atoms with E-state index in [1.807, 2.05) is 6.92 Å². The van der Waals surface area contributed by atoms with Gasteiger partial charge in [-0.15, -0.1) is 11.3 Å². The van der Waals surface area contributed by atoms with Crippen LogP contribution in [-0.2, 0) is 6.42 Å². The first-order chi connectivity index (χ1) is 6.39. The molecule has 0 aliphatic heterocycles. The first kappa shape index (κ1) is 11.7. The van der Waals surface area contributed by atoms with Crippen molar-refractivity contribution >= 4 is 11.3 Å². The lowest BCUT2D eigenvalue weighted by Gasteiger charge is -2.25. The summed E-state index contributed by atoms with van der Waals surface area (Å²) in [6, 6.07) is 0. The highest BCUT2D eigenvalue weighted by Crippen LogP contribution is 2.23. The molecule has 0 saturated heterocycles. The number of rotatable bonds is 3. The monoisotopic (exact) mass is 213 g/mol. The van der Waals surface area contributed by atoms with Gasteiger partial charge in [-0.1, -0.05) is 20.8 Å². The molecular weight excluding hydrogens is 194 g/mol. The van der Waals surface area contributed by atoms with Crippen molar-refractivity contribution < 1.29 is 5.11 Å². The predicted octanol–water partition coefficient (Wildman–Crippen LogP) is 2.79. The number of hydrogen-bond acceptors (Lipinski definition) is 3. The summed E-state index contributed by atoms with van der Waals surface area (Å²) in [5.41, 5.74) is 1.06. The zero-order chi connectivity index (χ0) is 10.8. The Morgan fingerprint density at radius 2 is 2.14 bits per heavy atom. The summed E-state index contributed by atoms with van der Waals surface area (Å²) in [7, 11) is 0. The van der Waals surface area contributed by atoms with Gasteiger partial charge >= 0.3 is 0 Å². The van der Waals surface area contributed by atoms with Crippen LogP contribution in [0.15, 0.2) is 5.38 Å². The van der Waals surface area contributed by atoms with Crippen LogP contribution in [0.3, 0.4) is 0 Å². The largest absolute Gasteiger partial charge is 0.393 e. The second kappa shape index (κ2) is 4.41. The van der Waals surface area contributed by atoms with Crippen molar-refractivity contribution in [3.63, 3.8) is 0 Å².